The Morgan fingerprint density at radius 1 is 0.431 bits per heavy atom. The molecule has 2 heterocycles. The summed E-state index contributed by atoms with van der Waals surface area (Å²) in [5.74, 6) is 0. The predicted octanol–water partition coefficient (Wildman–Crippen LogP) is 13.4. The van der Waals surface area contributed by atoms with E-state index >= 15 is 0 Å². The Hall–Kier alpha value is -6.12. The summed E-state index contributed by atoms with van der Waals surface area (Å²) in [6.45, 7) is 6.94. The lowest BCUT2D eigenvalue weighted by Gasteiger charge is -2.33. The van der Waals surface area contributed by atoms with E-state index in [1.54, 1.807) is 0 Å². The summed E-state index contributed by atoms with van der Waals surface area (Å²) in [6.07, 6.45) is 11.5. The van der Waals surface area contributed by atoms with Gasteiger partial charge in [-0.15, -0.1) is 0 Å². The van der Waals surface area contributed by atoms with E-state index in [4.69, 9.17) is 0 Å². The van der Waals surface area contributed by atoms with E-state index in [2.05, 4.69) is 181 Å². The standard InChI is InChI=1S/C56H48N2/c1-55(2)49-31-37(21-25-45(49)46-27-23-43(33-50(46)55)57-29-9-15-39-11-5-7-17-53(39)57)19-20-38-22-26-47-48-28-24-44(58-30-10-16-40-12-6-8-18-54(40)58)34-52(48)56(51(47)32-38)35-41-13-3-4-14-42(41)36-56/h3-8,11-14,17-28,31-34H,9-10,15-16,29-30,35-36H2,1-2H3. The number of aryl methyl sites for hydroxylation is 2. The number of benzene rings is 7. The van der Waals surface area contributed by atoms with Crippen LogP contribution in [0.3, 0.4) is 0 Å². The molecular weight excluding hydrogens is 701 g/mol. The van der Waals surface area contributed by atoms with Gasteiger partial charge < -0.3 is 9.80 Å². The monoisotopic (exact) mass is 748 g/mol. The first-order valence-electron chi connectivity index (χ1n) is 21.5. The zero-order valence-corrected chi connectivity index (χ0v) is 33.6. The molecule has 0 saturated heterocycles. The molecule has 3 aliphatic carbocycles. The first-order valence-corrected chi connectivity index (χ1v) is 21.5. The molecule has 2 nitrogen and oxygen atoms in total. The Kier molecular flexibility index (Phi) is 7.43. The van der Waals surface area contributed by atoms with Crippen LogP contribution in [0, 0.1) is 0 Å². The Labute approximate surface area is 343 Å². The summed E-state index contributed by atoms with van der Waals surface area (Å²) in [4.78, 5) is 5.10. The number of rotatable bonds is 4. The van der Waals surface area contributed by atoms with Crippen LogP contribution in [-0.4, -0.2) is 13.1 Å². The van der Waals surface area contributed by atoms with Gasteiger partial charge in [0.15, 0.2) is 0 Å². The number of para-hydroxylation sites is 2. The Bertz CT molecular complexity index is 2830. The van der Waals surface area contributed by atoms with Gasteiger partial charge in [0, 0.05) is 46.7 Å². The minimum absolute atomic E-state index is 0.0674. The molecule has 58 heavy (non-hydrogen) atoms. The normalized spacial score (nSPS) is 17.4. The van der Waals surface area contributed by atoms with Crippen molar-refractivity contribution in [3.63, 3.8) is 0 Å². The van der Waals surface area contributed by atoms with Crippen molar-refractivity contribution < 1.29 is 0 Å². The van der Waals surface area contributed by atoms with E-state index in [0.29, 0.717) is 0 Å². The zero-order chi connectivity index (χ0) is 38.6. The minimum atomic E-state index is -0.0852. The molecule has 0 unspecified atom stereocenters. The third kappa shape index (κ3) is 5.03. The van der Waals surface area contributed by atoms with E-state index < -0.39 is 0 Å². The Morgan fingerprint density at radius 2 is 0.845 bits per heavy atom. The fourth-order valence-corrected chi connectivity index (χ4v) is 11.6. The molecule has 5 aliphatic rings. The molecule has 12 rings (SSSR count). The smallest absolute Gasteiger partial charge is 0.0443 e. The average Bonchev–Trinajstić information content (AvgIpc) is 3.87. The summed E-state index contributed by atoms with van der Waals surface area (Å²) in [6, 6.07) is 56.0. The molecule has 1 spiro atoms. The van der Waals surface area contributed by atoms with Gasteiger partial charge in [-0.2, -0.15) is 0 Å². The minimum Gasteiger partial charge on any atom is -0.341 e. The molecular formula is C56H48N2. The van der Waals surface area contributed by atoms with Crippen molar-refractivity contribution in [2.45, 2.75) is 63.2 Å². The van der Waals surface area contributed by atoms with Crippen molar-refractivity contribution in [2.75, 3.05) is 22.9 Å². The highest BCUT2D eigenvalue weighted by Crippen LogP contribution is 2.57. The number of nitrogens with zero attached hydrogens (tertiary/aromatic N) is 2. The molecule has 0 atom stereocenters. The zero-order valence-electron chi connectivity index (χ0n) is 33.6. The molecule has 0 N–H and O–H groups in total. The lowest BCUT2D eigenvalue weighted by molar-refractivity contribution is 0.563. The van der Waals surface area contributed by atoms with Gasteiger partial charge in [0.05, 0.1) is 0 Å². The van der Waals surface area contributed by atoms with Gasteiger partial charge in [0.2, 0.25) is 0 Å². The molecule has 0 amide bonds. The Balaban J connectivity index is 0.879. The molecule has 7 aromatic rings. The summed E-state index contributed by atoms with van der Waals surface area (Å²) >= 11 is 0. The number of fused-ring (bicyclic) bond motifs is 11. The van der Waals surface area contributed by atoms with Gasteiger partial charge >= 0.3 is 0 Å². The maximum absolute atomic E-state index is 2.56. The van der Waals surface area contributed by atoms with Crippen molar-refractivity contribution in [3.8, 4) is 22.3 Å². The highest BCUT2D eigenvalue weighted by atomic mass is 15.1. The highest BCUT2D eigenvalue weighted by Gasteiger charge is 2.47. The maximum atomic E-state index is 2.56. The number of hydrogen-bond donors (Lipinski definition) is 0. The SMILES string of the molecule is CC1(C)c2cc(C=Cc3ccc4c(c3)C3(Cc5ccccc5C3)c3cc(N5CCCc6ccccc65)ccc3-4)ccc2-c2ccc(N3CCCc4ccccc43)cc21. The van der Waals surface area contributed by atoms with Crippen LogP contribution < -0.4 is 9.80 Å². The molecule has 0 fully saturated rings. The lowest BCUT2D eigenvalue weighted by Crippen LogP contribution is -2.27. The van der Waals surface area contributed by atoms with Gasteiger partial charge in [-0.1, -0.05) is 135 Å². The fourth-order valence-electron chi connectivity index (χ4n) is 11.6. The molecule has 282 valence electrons. The maximum Gasteiger partial charge on any atom is 0.0443 e. The van der Waals surface area contributed by atoms with Crippen LogP contribution in [0.4, 0.5) is 22.7 Å². The number of anilines is 4. The van der Waals surface area contributed by atoms with Crippen LogP contribution in [0.5, 0.6) is 0 Å². The van der Waals surface area contributed by atoms with Crippen molar-refractivity contribution in [1.82, 2.24) is 0 Å². The van der Waals surface area contributed by atoms with Crippen LogP contribution in [-0.2, 0) is 36.5 Å². The number of hydrogen-bond acceptors (Lipinski definition) is 2. The van der Waals surface area contributed by atoms with E-state index in [-0.39, 0.29) is 10.8 Å². The van der Waals surface area contributed by atoms with Gasteiger partial charge in [0.25, 0.3) is 0 Å². The third-order valence-electron chi connectivity index (χ3n) is 14.5. The van der Waals surface area contributed by atoms with Gasteiger partial charge in [-0.25, -0.2) is 0 Å². The first kappa shape index (κ1) is 34.0. The Morgan fingerprint density at radius 3 is 1.40 bits per heavy atom. The van der Waals surface area contributed by atoms with Gasteiger partial charge in [-0.05, 0) is 153 Å². The van der Waals surface area contributed by atoms with E-state index in [1.165, 1.54) is 113 Å². The largest absolute Gasteiger partial charge is 0.341 e. The van der Waals surface area contributed by atoms with Gasteiger partial charge in [-0.3, -0.25) is 0 Å². The predicted molar refractivity (Wildman–Crippen MR) is 243 cm³/mol. The summed E-state index contributed by atoms with van der Waals surface area (Å²) in [5, 5.41) is 0. The summed E-state index contributed by atoms with van der Waals surface area (Å²) in [5.41, 5.74) is 25.0. The second-order valence-corrected chi connectivity index (χ2v) is 18.0. The molecule has 0 aromatic heterocycles. The summed E-state index contributed by atoms with van der Waals surface area (Å²) in [7, 11) is 0. The topological polar surface area (TPSA) is 6.48 Å². The lowest BCUT2D eigenvalue weighted by atomic mass is 9.75. The first-order chi connectivity index (χ1) is 28.4. The molecule has 0 radical (unpaired) electrons. The van der Waals surface area contributed by atoms with E-state index in [9.17, 15) is 0 Å². The van der Waals surface area contributed by atoms with Crippen molar-refractivity contribution in [1.29, 1.82) is 0 Å². The molecule has 2 aliphatic heterocycles. The van der Waals surface area contributed by atoms with Crippen LogP contribution in [0.1, 0.15) is 82.3 Å². The van der Waals surface area contributed by atoms with Crippen LogP contribution in [0.2, 0.25) is 0 Å². The molecule has 7 aromatic carbocycles. The van der Waals surface area contributed by atoms with E-state index in [1.807, 2.05) is 0 Å². The fraction of sp³-hybridized carbons (Fsp3) is 0.214. The molecule has 0 bridgehead atoms. The third-order valence-corrected chi connectivity index (χ3v) is 14.5. The highest BCUT2D eigenvalue weighted by molar-refractivity contribution is 5.88. The van der Waals surface area contributed by atoms with Crippen molar-refractivity contribution in [3.05, 3.63) is 201 Å². The summed E-state index contributed by atoms with van der Waals surface area (Å²) < 4.78 is 0. The average molecular weight is 749 g/mol. The molecule has 0 saturated carbocycles. The molecule has 2 heteroatoms. The van der Waals surface area contributed by atoms with Crippen LogP contribution in [0.25, 0.3) is 34.4 Å². The van der Waals surface area contributed by atoms with Crippen LogP contribution >= 0.6 is 0 Å². The van der Waals surface area contributed by atoms with E-state index in [0.717, 1.165) is 38.8 Å². The quantitative estimate of drug-likeness (QED) is 0.165. The second kappa shape index (κ2) is 12.7. The van der Waals surface area contributed by atoms with Crippen molar-refractivity contribution in [2.24, 2.45) is 0 Å². The van der Waals surface area contributed by atoms with Crippen LogP contribution in [0.15, 0.2) is 146 Å². The second-order valence-electron chi connectivity index (χ2n) is 18.0. The van der Waals surface area contributed by atoms with Crippen molar-refractivity contribution >= 4 is 34.9 Å². The van der Waals surface area contributed by atoms with Gasteiger partial charge in [0.1, 0.15) is 0 Å².